The summed E-state index contributed by atoms with van der Waals surface area (Å²) in [6.07, 6.45) is 2.79. The number of pyridine rings is 1. The number of nitrogens with zero attached hydrogens (tertiary/aromatic N) is 3. The Hall–Kier alpha value is -3.29. The van der Waals surface area contributed by atoms with Crippen molar-refractivity contribution in [3.05, 3.63) is 82.1 Å². The fourth-order valence-electron chi connectivity index (χ4n) is 5.18. The van der Waals surface area contributed by atoms with E-state index < -0.39 is 0 Å². The number of nitrogens with one attached hydrogen (secondary N) is 1. The summed E-state index contributed by atoms with van der Waals surface area (Å²) in [7, 11) is 0. The van der Waals surface area contributed by atoms with Crippen molar-refractivity contribution in [3.63, 3.8) is 0 Å². The van der Waals surface area contributed by atoms with Gasteiger partial charge in [-0.3, -0.25) is 14.6 Å². The number of benzene rings is 2. The highest BCUT2D eigenvalue weighted by Gasteiger charge is 2.54. The normalized spacial score (nSPS) is 20.6. The molecule has 176 valence electrons. The molecule has 1 saturated carbocycles. The first-order chi connectivity index (χ1) is 17.0. The third-order valence-electron chi connectivity index (χ3n) is 6.94. The zero-order chi connectivity index (χ0) is 24.1. The number of para-hydroxylation sites is 1. The van der Waals surface area contributed by atoms with Gasteiger partial charge in [0.25, 0.3) is 11.8 Å². The van der Waals surface area contributed by atoms with Crippen molar-refractivity contribution in [1.82, 2.24) is 20.2 Å². The Kier molecular flexibility index (Phi) is 5.54. The molecule has 2 amide bonds. The van der Waals surface area contributed by atoms with Crippen LogP contribution in [0.3, 0.4) is 0 Å². The molecule has 2 aliphatic rings. The molecule has 35 heavy (non-hydrogen) atoms. The Labute approximate surface area is 212 Å². The number of fused-ring (bicyclic) bond motifs is 2. The molecule has 1 aliphatic carbocycles. The lowest BCUT2D eigenvalue weighted by Gasteiger charge is -2.27. The van der Waals surface area contributed by atoms with Crippen LogP contribution in [0.5, 0.6) is 0 Å². The van der Waals surface area contributed by atoms with Crippen LogP contribution < -0.4 is 5.32 Å². The van der Waals surface area contributed by atoms with Gasteiger partial charge in [0.05, 0.1) is 27.0 Å². The summed E-state index contributed by atoms with van der Waals surface area (Å²) in [6.45, 7) is 3.02. The van der Waals surface area contributed by atoms with Crippen LogP contribution >= 0.6 is 22.9 Å². The summed E-state index contributed by atoms with van der Waals surface area (Å²) in [5, 5.41) is 5.46. The van der Waals surface area contributed by atoms with Gasteiger partial charge < -0.3 is 10.2 Å². The molecule has 4 aromatic rings. The van der Waals surface area contributed by atoms with Gasteiger partial charge in [0.15, 0.2) is 0 Å². The quantitative estimate of drug-likeness (QED) is 0.406. The van der Waals surface area contributed by atoms with E-state index in [0.29, 0.717) is 46.7 Å². The minimum atomic E-state index is -0.171. The number of carbonyl (C=O) groups excluding carboxylic acids is 2. The highest BCUT2D eigenvalue weighted by atomic mass is 35.5. The maximum Gasteiger partial charge on any atom is 0.274 e. The molecule has 0 bridgehead atoms. The van der Waals surface area contributed by atoms with Crippen LogP contribution in [0.15, 0.2) is 60.8 Å². The number of aryl methyl sites for hydroxylation is 1. The second-order valence-electron chi connectivity index (χ2n) is 9.20. The van der Waals surface area contributed by atoms with E-state index in [-0.39, 0.29) is 17.9 Å². The summed E-state index contributed by atoms with van der Waals surface area (Å²) in [5.74, 6) is 0.659. The highest BCUT2D eigenvalue weighted by molar-refractivity contribution is 7.15. The lowest BCUT2D eigenvalue weighted by molar-refractivity contribution is 0.0690. The number of piperidine rings is 1. The molecule has 6 nitrogen and oxygen atoms in total. The largest absolute Gasteiger partial charge is 0.350 e. The zero-order valence-corrected chi connectivity index (χ0v) is 20.6. The molecule has 0 spiro atoms. The van der Waals surface area contributed by atoms with Gasteiger partial charge in [0.2, 0.25) is 0 Å². The minimum Gasteiger partial charge on any atom is -0.350 e. The van der Waals surface area contributed by atoms with E-state index in [1.165, 1.54) is 11.3 Å². The van der Waals surface area contributed by atoms with E-state index >= 15 is 0 Å². The minimum absolute atomic E-state index is 0.0476. The van der Waals surface area contributed by atoms with Crippen LogP contribution in [0.25, 0.3) is 21.3 Å². The third-order valence-corrected chi connectivity index (χ3v) is 8.19. The number of rotatable bonds is 5. The molecule has 3 atom stereocenters. The van der Waals surface area contributed by atoms with Crippen molar-refractivity contribution in [2.45, 2.75) is 19.4 Å². The van der Waals surface area contributed by atoms with Crippen molar-refractivity contribution in [2.75, 3.05) is 13.1 Å². The van der Waals surface area contributed by atoms with Crippen LogP contribution in [0.1, 0.15) is 32.3 Å². The van der Waals surface area contributed by atoms with Crippen LogP contribution in [-0.2, 0) is 0 Å². The van der Waals surface area contributed by atoms with Gasteiger partial charge in [-0.15, -0.1) is 11.3 Å². The van der Waals surface area contributed by atoms with Crippen LogP contribution in [0.2, 0.25) is 5.02 Å². The fraction of sp³-hybridized carbons (Fsp3) is 0.259. The molecule has 0 unspecified atom stereocenters. The summed E-state index contributed by atoms with van der Waals surface area (Å²) < 4.78 is 0. The third kappa shape index (κ3) is 4.09. The molecule has 3 heterocycles. The summed E-state index contributed by atoms with van der Waals surface area (Å²) >= 11 is 7.71. The van der Waals surface area contributed by atoms with Crippen LogP contribution in [0.4, 0.5) is 0 Å². The molecule has 2 aromatic heterocycles. The van der Waals surface area contributed by atoms with Crippen molar-refractivity contribution < 1.29 is 9.59 Å². The molecular weight excluding hydrogens is 480 g/mol. The Morgan fingerprint density at radius 1 is 1.17 bits per heavy atom. The molecule has 1 aliphatic heterocycles. The van der Waals surface area contributed by atoms with Gasteiger partial charge in [0.1, 0.15) is 5.69 Å². The first-order valence-electron chi connectivity index (χ1n) is 11.7. The number of halogens is 1. The summed E-state index contributed by atoms with van der Waals surface area (Å²) in [5.41, 5.74) is 2.58. The molecule has 1 N–H and O–H groups in total. The monoisotopic (exact) mass is 502 g/mol. The smallest absolute Gasteiger partial charge is 0.274 e. The van der Waals surface area contributed by atoms with Gasteiger partial charge in [-0.2, -0.15) is 0 Å². The highest BCUT2D eigenvalue weighted by Crippen LogP contribution is 2.50. The molecule has 2 aromatic carbocycles. The number of likely N-dealkylation sites (tertiary alicyclic amines) is 1. The molecule has 8 heteroatoms. The number of hydrogen-bond acceptors (Lipinski definition) is 5. The van der Waals surface area contributed by atoms with E-state index in [2.05, 4.69) is 15.3 Å². The Morgan fingerprint density at radius 2 is 2.00 bits per heavy atom. The number of thiazole rings is 1. The van der Waals surface area contributed by atoms with Gasteiger partial charge in [-0.25, -0.2) is 4.98 Å². The Morgan fingerprint density at radius 3 is 2.86 bits per heavy atom. The lowest BCUT2D eigenvalue weighted by Crippen LogP contribution is -2.45. The second kappa shape index (κ2) is 8.73. The average Bonchev–Trinajstić information content (AvgIpc) is 3.38. The van der Waals surface area contributed by atoms with Crippen molar-refractivity contribution in [2.24, 2.45) is 11.8 Å². The molecule has 6 rings (SSSR count). The van der Waals surface area contributed by atoms with Gasteiger partial charge >= 0.3 is 0 Å². The first kappa shape index (κ1) is 22.2. The molecule has 0 radical (unpaired) electrons. The topological polar surface area (TPSA) is 75.2 Å². The number of carbonyl (C=O) groups is 2. The van der Waals surface area contributed by atoms with Gasteiger partial charge in [-0.1, -0.05) is 41.9 Å². The van der Waals surface area contributed by atoms with Crippen LogP contribution in [-0.4, -0.2) is 45.8 Å². The maximum absolute atomic E-state index is 13.7. The van der Waals surface area contributed by atoms with E-state index in [1.54, 1.807) is 12.3 Å². The number of aromatic nitrogens is 2. The molecule has 1 saturated heterocycles. The van der Waals surface area contributed by atoms with Crippen molar-refractivity contribution in [1.29, 1.82) is 0 Å². The maximum atomic E-state index is 13.7. The zero-order valence-electron chi connectivity index (χ0n) is 19.1. The first-order valence-corrected chi connectivity index (χ1v) is 12.9. The van der Waals surface area contributed by atoms with Crippen LogP contribution in [0, 0.1) is 18.8 Å². The molecular formula is C27H23ClN4O2S. The predicted molar refractivity (Wildman–Crippen MR) is 138 cm³/mol. The van der Waals surface area contributed by atoms with E-state index in [1.807, 2.05) is 60.4 Å². The SMILES string of the molecule is Cc1nc(C(=O)N2C[C@@H]3C[C@@H]3[C@H]2CNC(=O)c2cccc3cccnc23)c(-c2cccc(Cl)c2)s1. The summed E-state index contributed by atoms with van der Waals surface area (Å²) in [4.78, 5) is 38.5. The van der Waals surface area contributed by atoms with Crippen molar-refractivity contribution in [3.8, 4) is 10.4 Å². The van der Waals surface area contributed by atoms with E-state index in [9.17, 15) is 9.59 Å². The molecule has 2 fully saturated rings. The predicted octanol–water partition coefficient (Wildman–Crippen LogP) is 5.21. The summed E-state index contributed by atoms with van der Waals surface area (Å²) in [6, 6.07) is 16.9. The number of hydrogen-bond donors (Lipinski definition) is 1. The lowest BCUT2D eigenvalue weighted by atomic mass is 10.1. The Balaban J connectivity index is 1.23. The average molecular weight is 503 g/mol. The Bertz CT molecular complexity index is 1460. The van der Waals surface area contributed by atoms with Gasteiger partial charge in [0, 0.05) is 29.7 Å². The standard InChI is InChI=1S/C27H23ClN4O2S/c1-15-31-24(25(35-15)17-6-2-8-19(28)11-17)27(34)32-14-18-12-21(18)22(32)13-30-26(33)20-9-3-5-16-7-4-10-29-23(16)20/h2-11,18,21-22H,12-14H2,1H3,(H,30,33)/t18-,21-,22+/m0/s1. The fourth-order valence-corrected chi connectivity index (χ4v) is 6.28. The number of amides is 2. The second-order valence-corrected chi connectivity index (χ2v) is 10.8. The van der Waals surface area contributed by atoms with Crippen molar-refractivity contribution >= 4 is 45.7 Å². The van der Waals surface area contributed by atoms with E-state index in [0.717, 1.165) is 27.3 Å². The van der Waals surface area contributed by atoms with Gasteiger partial charge in [-0.05, 0) is 55.0 Å². The van der Waals surface area contributed by atoms with E-state index in [4.69, 9.17) is 11.6 Å².